The lowest BCUT2D eigenvalue weighted by atomic mass is 9.78. The molecule has 6 rings (SSSR count). The summed E-state index contributed by atoms with van der Waals surface area (Å²) in [6.07, 6.45) is -7.14. The lowest BCUT2D eigenvalue weighted by molar-refractivity contribution is -0.350. The molecule has 1 saturated carbocycles. The summed E-state index contributed by atoms with van der Waals surface area (Å²) >= 11 is 0. The van der Waals surface area contributed by atoms with E-state index in [2.05, 4.69) is 0 Å². The van der Waals surface area contributed by atoms with Gasteiger partial charge in [-0.2, -0.15) is 0 Å². The van der Waals surface area contributed by atoms with Gasteiger partial charge < -0.3 is 58.3 Å². The van der Waals surface area contributed by atoms with Crippen molar-refractivity contribution < 1.29 is 72.7 Å². The molecule has 1 spiro atoms. The zero-order valence-electron chi connectivity index (χ0n) is 23.1. The summed E-state index contributed by atoms with van der Waals surface area (Å²) in [6, 6.07) is 3.91. The number of benzene rings is 1. The molecular formula is C28H30O15. The number of aromatic hydroxyl groups is 1. The molecule has 232 valence electrons. The average Bonchev–Trinajstić information content (AvgIpc) is 3.67. The largest absolute Gasteiger partial charge is 0.504 e. The van der Waals surface area contributed by atoms with Gasteiger partial charge in [0, 0.05) is 18.6 Å². The summed E-state index contributed by atoms with van der Waals surface area (Å²) in [5.41, 5.74) is -1.91. The Hall–Kier alpha value is -3.57. The van der Waals surface area contributed by atoms with Crippen molar-refractivity contribution in [2.45, 2.75) is 54.8 Å². The van der Waals surface area contributed by atoms with Gasteiger partial charge in [0.2, 0.25) is 6.29 Å². The Labute approximate surface area is 244 Å². The van der Waals surface area contributed by atoms with E-state index in [0.717, 1.165) is 12.3 Å². The highest BCUT2D eigenvalue weighted by Gasteiger charge is 2.78. The Morgan fingerprint density at radius 3 is 2.49 bits per heavy atom. The molecule has 5 aliphatic rings. The topological polar surface area (TPSA) is 209 Å². The molecule has 0 radical (unpaired) electrons. The van der Waals surface area contributed by atoms with E-state index < -0.39 is 91.0 Å². The second kappa shape index (κ2) is 10.9. The number of hydrogen-bond donors (Lipinski definition) is 4. The van der Waals surface area contributed by atoms with E-state index in [-0.39, 0.29) is 28.2 Å². The number of fused-ring (bicyclic) bond motifs is 5. The number of epoxide rings is 1. The first kappa shape index (κ1) is 29.5. The fourth-order valence-electron chi connectivity index (χ4n) is 6.44. The normalized spacial score (nSPS) is 39.2. The van der Waals surface area contributed by atoms with E-state index in [1.165, 1.54) is 39.5 Å². The zero-order valence-corrected chi connectivity index (χ0v) is 23.1. The number of ketones is 1. The molecule has 43 heavy (non-hydrogen) atoms. The van der Waals surface area contributed by atoms with Crippen molar-refractivity contribution in [1.82, 2.24) is 0 Å². The van der Waals surface area contributed by atoms with Crippen LogP contribution in [0.25, 0.3) is 0 Å². The van der Waals surface area contributed by atoms with Crippen LogP contribution in [0, 0.1) is 11.8 Å². The zero-order chi connectivity index (χ0) is 30.8. The molecule has 2 saturated heterocycles. The lowest BCUT2D eigenvalue weighted by Crippen LogP contribution is -2.61. The molecule has 1 aliphatic carbocycles. The maximum atomic E-state index is 13.4. The molecule has 4 aliphatic heterocycles. The highest BCUT2D eigenvalue weighted by Crippen LogP contribution is 2.62. The maximum Gasteiger partial charge on any atom is 0.342 e. The Kier molecular flexibility index (Phi) is 7.45. The standard InChI is InChI=1S/C28H30O15/c1-36-14-5-4-10(6-13(14)30)18(31)11-7-28(43-25(11)35)17-16(21-23(28)41-21)12(24(34)38-3)9-39-26(17)42-27-22(37-2)20(33)19(32)15(8-29)40-27/h4-7,9,15-17,19-23,26-27,29-30,32-33H,8H2,1-3H3. The Bertz CT molecular complexity index is 1390. The summed E-state index contributed by atoms with van der Waals surface area (Å²) in [6.45, 7) is -0.646. The predicted molar refractivity (Wildman–Crippen MR) is 136 cm³/mol. The van der Waals surface area contributed by atoms with Crippen LogP contribution < -0.4 is 4.74 Å². The van der Waals surface area contributed by atoms with Crippen molar-refractivity contribution in [3.05, 3.63) is 47.2 Å². The Balaban J connectivity index is 1.37. The number of carbonyl (C=O) groups excluding carboxylic acids is 3. The van der Waals surface area contributed by atoms with Crippen molar-refractivity contribution in [2.24, 2.45) is 11.8 Å². The lowest BCUT2D eigenvalue weighted by Gasteiger charge is -2.45. The minimum Gasteiger partial charge on any atom is -0.504 e. The number of carbonyl (C=O) groups is 3. The molecule has 15 heteroatoms. The van der Waals surface area contributed by atoms with Crippen LogP contribution in [0.2, 0.25) is 0 Å². The SMILES string of the molecule is COC(=O)C1=COC(OC2OC(CO)C(O)C(O)C2OC)C2C1C1OC1C21C=C(C(=O)c2ccc(OC)c(O)c2)C(=O)O1. The third-order valence-corrected chi connectivity index (χ3v) is 8.54. The summed E-state index contributed by atoms with van der Waals surface area (Å²) < 4.78 is 44.6. The molecule has 15 nitrogen and oxygen atoms in total. The van der Waals surface area contributed by atoms with Crippen LogP contribution in [-0.2, 0) is 42.7 Å². The van der Waals surface area contributed by atoms with Crippen molar-refractivity contribution >= 4 is 17.7 Å². The first-order chi connectivity index (χ1) is 20.6. The smallest absolute Gasteiger partial charge is 0.342 e. The van der Waals surface area contributed by atoms with Crippen LogP contribution in [0.4, 0.5) is 0 Å². The highest BCUT2D eigenvalue weighted by atomic mass is 16.8. The molecular weight excluding hydrogens is 576 g/mol. The molecule has 3 fully saturated rings. The number of methoxy groups -OCH3 is 3. The number of phenols is 1. The highest BCUT2D eigenvalue weighted by molar-refractivity contribution is 6.25. The summed E-state index contributed by atoms with van der Waals surface area (Å²) in [4.78, 5) is 39.4. The van der Waals surface area contributed by atoms with Crippen LogP contribution in [0.3, 0.4) is 0 Å². The summed E-state index contributed by atoms with van der Waals surface area (Å²) in [5.74, 6) is -4.38. The monoisotopic (exact) mass is 606 g/mol. The second-order valence-electron chi connectivity index (χ2n) is 10.7. The van der Waals surface area contributed by atoms with Gasteiger partial charge in [-0.3, -0.25) is 4.79 Å². The Morgan fingerprint density at radius 1 is 1.07 bits per heavy atom. The minimum absolute atomic E-state index is 0.00895. The molecule has 4 N–H and O–H groups in total. The molecule has 0 amide bonds. The third kappa shape index (κ3) is 4.50. The van der Waals surface area contributed by atoms with Gasteiger partial charge in [0.05, 0.1) is 44.7 Å². The van der Waals surface area contributed by atoms with Gasteiger partial charge in [0.1, 0.15) is 36.1 Å². The van der Waals surface area contributed by atoms with Gasteiger partial charge in [-0.25, -0.2) is 9.59 Å². The van der Waals surface area contributed by atoms with Crippen LogP contribution in [0.15, 0.2) is 41.7 Å². The number of esters is 2. The van der Waals surface area contributed by atoms with Crippen LogP contribution in [0.1, 0.15) is 10.4 Å². The molecule has 11 unspecified atom stereocenters. The van der Waals surface area contributed by atoms with Gasteiger partial charge in [-0.1, -0.05) is 0 Å². The number of Topliss-reactive ketones (excluding diaryl/α,β-unsaturated/α-hetero) is 1. The molecule has 11 atom stereocenters. The van der Waals surface area contributed by atoms with Gasteiger partial charge in [-0.15, -0.1) is 0 Å². The molecule has 1 aromatic carbocycles. The molecule has 0 aromatic heterocycles. The summed E-state index contributed by atoms with van der Waals surface area (Å²) in [5, 5.41) is 40.7. The number of phenolic OH excluding ortho intramolecular Hbond substituents is 1. The molecule has 0 bridgehead atoms. The third-order valence-electron chi connectivity index (χ3n) is 8.54. The van der Waals surface area contributed by atoms with Crippen molar-refractivity contribution in [3.8, 4) is 11.5 Å². The predicted octanol–water partition coefficient (Wildman–Crippen LogP) is -1.30. The average molecular weight is 607 g/mol. The number of aliphatic hydroxyl groups is 3. The van der Waals surface area contributed by atoms with E-state index in [4.69, 9.17) is 37.9 Å². The van der Waals surface area contributed by atoms with Gasteiger partial charge in [-0.05, 0) is 24.3 Å². The van der Waals surface area contributed by atoms with Crippen molar-refractivity contribution in [2.75, 3.05) is 27.9 Å². The minimum atomic E-state index is -1.64. The van der Waals surface area contributed by atoms with Gasteiger partial charge in [0.25, 0.3) is 0 Å². The summed E-state index contributed by atoms with van der Waals surface area (Å²) in [7, 11) is 3.80. The quantitative estimate of drug-likeness (QED) is 0.117. The maximum absolute atomic E-state index is 13.4. The first-order valence-corrected chi connectivity index (χ1v) is 13.4. The molecule has 1 aromatic rings. The molecule has 4 heterocycles. The van der Waals surface area contributed by atoms with E-state index in [1.807, 2.05) is 0 Å². The second-order valence-corrected chi connectivity index (χ2v) is 10.7. The van der Waals surface area contributed by atoms with Crippen LogP contribution in [0.5, 0.6) is 11.5 Å². The number of rotatable bonds is 8. The van der Waals surface area contributed by atoms with Crippen LogP contribution in [-0.4, -0.2) is 121 Å². The fraction of sp³-hybridized carbons (Fsp3) is 0.536. The van der Waals surface area contributed by atoms with Crippen molar-refractivity contribution in [1.29, 1.82) is 0 Å². The number of hydrogen-bond acceptors (Lipinski definition) is 15. The number of aliphatic hydroxyl groups excluding tert-OH is 3. The van der Waals surface area contributed by atoms with Gasteiger partial charge >= 0.3 is 11.9 Å². The van der Waals surface area contributed by atoms with Gasteiger partial charge in [0.15, 0.2) is 29.2 Å². The first-order valence-electron chi connectivity index (χ1n) is 13.4. The number of ether oxygens (including phenoxy) is 8. The fourth-order valence-corrected chi connectivity index (χ4v) is 6.44. The van der Waals surface area contributed by atoms with Crippen molar-refractivity contribution in [3.63, 3.8) is 0 Å². The Morgan fingerprint density at radius 2 is 1.84 bits per heavy atom. The van der Waals surface area contributed by atoms with E-state index in [9.17, 15) is 34.8 Å². The van der Waals surface area contributed by atoms with E-state index >= 15 is 0 Å². The van der Waals surface area contributed by atoms with E-state index in [0.29, 0.717) is 0 Å². The van der Waals surface area contributed by atoms with Crippen LogP contribution >= 0.6 is 0 Å². The van der Waals surface area contributed by atoms with E-state index in [1.54, 1.807) is 0 Å².